The van der Waals surface area contributed by atoms with Crippen LogP contribution in [0.5, 0.6) is 0 Å². The SMILES string of the molecule is [CH3][Ge]([CH3])([Br])[CH2]CCCc1ccc(CCC[CH2][Ge]([CH3])([CH3])[Br])cc1. The summed E-state index contributed by atoms with van der Waals surface area (Å²) in [5.74, 6) is 9.76. The van der Waals surface area contributed by atoms with Crippen molar-refractivity contribution in [1.29, 1.82) is 0 Å². The van der Waals surface area contributed by atoms with Gasteiger partial charge in [0.15, 0.2) is 0 Å². The second-order valence-electron chi connectivity index (χ2n) is 7.67. The Bertz CT molecular complexity index is 375. The summed E-state index contributed by atoms with van der Waals surface area (Å²) in [6.45, 7) is 0. The molecule has 0 unspecified atom stereocenters. The predicted octanol–water partition coefficient (Wildman–Crippen LogP) is 7.53. The summed E-state index contributed by atoms with van der Waals surface area (Å²) in [6, 6.07) is 9.40. The molecule has 0 atom stereocenters. The minimum atomic E-state index is -1.49. The molecule has 22 heavy (non-hydrogen) atoms. The van der Waals surface area contributed by atoms with Crippen molar-refractivity contribution in [3.63, 3.8) is 0 Å². The van der Waals surface area contributed by atoms with Crippen molar-refractivity contribution in [3.05, 3.63) is 35.4 Å². The Morgan fingerprint density at radius 1 is 0.636 bits per heavy atom. The Kier molecular flexibility index (Phi) is 9.98. The van der Waals surface area contributed by atoms with Crippen molar-refractivity contribution >= 4 is 50.9 Å². The molecule has 126 valence electrons. The summed E-state index contributed by atoms with van der Waals surface area (Å²) in [5, 5.41) is 2.87. The van der Waals surface area contributed by atoms with Crippen LogP contribution < -0.4 is 0 Å². The average Bonchev–Trinajstić information content (AvgIpc) is 2.39. The van der Waals surface area contributed by atoms with Gasteiger partial charge in [0.2, 0.25) is 0 Å². The molecular weight excluding hydrogens is 521 g/mol. The van der Waals surface area contributed by atoms with E-state index >= 15 is 0 Å². The van der Waals surface area contributed by atoms with Crippen LogP contribution in [0.4, 0.5) is 0 Å². The first-order chi connectivity index (χ1) is 10.2. The van der Waals surface area contributed by atoms with Crippen molar-refractivity contribution in [3.8, 4) is 0 Å². The van der Waals surface area contributed by atoms with E-state index in [1.807, 2.05) is 0 Å². The van der Waals surface area contributed by atoms with Gasteiger partial charge in [-0.2, -0.15) is 0 Å². The zero-order valence-corrected chi connectivity index (χ0v) is 22.1. The Labute approximate surface area is 157 Å². The first-order valence-corrected chi connectivity index (χ1v) is 29.8. The van der Waals surface area contributed by atoms with Gasteiger partial charge in [0, 0.05) is 0 Å². The first-order valence-electron chi connectivity index (χ1n) is 8.61. The predicted molar refractivity (Wildman–Crippen MR) is 115 cm³/mol. The Morgan fingerprint density at radius 3 is 1.23 bits per heavy atom. The number of unbranched alkanes of at least 4 members (excludes halogenated alkanes) is 2. The van der Waals surface area contributed by atoms with Crippen LogP contribution in [0.2, 0.25) is 33.5 Å². The fourth-order valence-corrected chi connectivity index (χ4v) is 10.1. The number of rotatable bonds is 10. The average molecular weight is 553 g/mol. The summed E-state index contributed by atoms with van der Waals surface area (Å²) in [6.07, 6.45) is 7.94. The van der Waals surface area contributed by atoms with E-state index in [4.69, 9.17) is 0 Å². The number of benzene rings is 1. The second-order valence-corrected chi connectivity index (χ2v) is 46.5. The zero-order chi connectivity index (χ0) is 16.6. The van der Waals surface area contributed by atoms with Gasteiger partial charge in [0.05, 0.1) is 0 Å². The van der Waals surface area contributed by atoms with E-state index in [1.165, 1.54) is 60.2 Å². The summed E-state index contributed by atoms with van der Waals surface area (Å²) in [7, 11) is 0. The molecule has 0 amide bonds. The van der Waals surface area contributed by atoms with Gasteiger partial charge in [-0.3, -0.25) is 0 Å². The summed E-state index contributed by atoms with van der Waals surface area (Å²) < 4.78 is 0. The fourth-order valence-electron chi connectivity index (χ4n) is 2.62. The van der Waals surface area contributed by atoms with E-state index in [-0.39, 0.29) is 0 Å². The molecular formula is C18H32Br2Ge2. The van der Waals surface area contributed by atoms with Crippen molar-refractivity contribution in [2.75, 3.05) is 0 Å². The van der Waals surface area contributed by atoms with E-state index in [0.29, 0.717) is 0 Å². The number of hydrogen-bond donors (Lipinski definition) is 0. The van der Waals surface area contributed by atoms with Gasteiger partial charge in [0.1, 0.15) is 0 Å². The molecule has 4 heteroatoms. The van der Waals surface area contributed by atoms with E-state index in [0.717, 1.165) is 0 Å². The maximum atomic E-state index is 3.90. The topological polar surface area (TPSA) is 0 Å². The molecule has 0 spiro atoms. The fraction of sp³-hybridized carbons (Fsp3) is 0.667. The quantitative estimate of drug-likeness (QED) is 0.208. The summed E-state index contributed by atoms with van der Waals surface area (Å²) in [4.78, 5) is 0. The van der Waals surface area contributed by atoms with Crippen molar-refractivity contribution in [1.82, 2.24) is 0 Å². The van der Waals surface area contributed by atoms with Crippen LogP contribution in [0.3, 0.4) is 0 Å². The Balaban J connectivity index is 2.22. The third kappa shape index (κ3) is 11.7. The molecule has 0 N–H and O–H groups in total. The Morgan fingerprint density at radius 2 is 0.955 bits per heavy atom. The summed E-state index contributed by atoms with van der Waals surface area (Å²) >= 11 is 4.84. The molecule has 1 aromatic rings. The molecule has 0 radical (unpaired) electrons. The van der Waals surface area contributed by atoms with Gasteiger partial charge in [-0.05, 0) is 0 Å². The molecule has 0 saturated carbocycles. The molecule has 0 aliphatic heterocycles. The molecule has 1 rings (SSSR count). The third-order valence-electron chi connectivity index (χ3n) is 4.00. The summed E-state index contributed by atoms with van der Waals surface area (Å²) in [5.41, 5.74) is 3.03. The van der Waals surface area contributed by atoms with E-state index in [9.17, 15) is 0 Å². The van der Waals surface area contributed by atoms with Crippen LogP contribution in [-0.2, 0) is 12.8 Å². The maximum absolute atomic E-state index is 3.90. The van der Waals surface area contributed by atoms with Crippen LogP contribution in [0.25, 0.3) is 0 Å². The van der Waals surface area contributed by atoms with E-state index in [2.05, 4.69) is 75.3 Å². The Hall–Kier alpha value is 1.27. The first kappa shape index (κ1) is 21.3. The van der Waals surface area contributed by atoms with Gasteiger partial charge in [-0.25, -0.2) is 0 Å². The van der Waals surface area contributed by atoms with Gasteiger partial charge in [0.25, 0.3) is 0 Å². The van der Waals surface area contributed by atoms with Crippen LogP contribution in [0, 0.1) is 0 Å². The van der Waals surface area contributed by atoms with Crippen LogP contribution in [0.15, 0.2) is 24.3 Å². The van der Waals surface area contributed by atoms with Gasteiger partial charge in [-0.15, -0.1) is 0 Å². The molecule has 0 bridgehead atoms. The molecule has 0 saturated heterocycles. The number of halogens is 2. The van der Waals surface area contributed by atoms with Gasteiger partial charge >= 0.3 is 158 Å². The van der Waals surface area contributed by atoms with Crippen LogP contribution in [0.1, 0.15) is 36.8 Å². The van der Waals surface area contributed by atoms with Gasteiger partial charge in [-0.1, -0.05) is 0 Å². The van der Waals surface area contributed by atoms with Crippen LogP contribution in [-0.4, -0.2) is 22.8 Å². The number of aryl methyl sites for hydroxylation is 2. The number of hydrogen-bond acceptors (Lipinski definition) is 0. The molecule has 0 nitrogen and oxygen atoms in total. The standard InChI is InChI=1S/C18H32Br2Ge2/c1-21(2,19)15-7-5-9-17-11-13-18(14-12-17)10-6-8-16-22(3,4)20/h11-14H,5-10,15-16H2,1-4H3. The van der Waals surface area contributed by atoms with Crippen molar-refractivity contribution in [2.45, 2.75) is 72.1 Å². The van der Waals surface area contributed by atoms with Gasteiger partial charge < -0.3 is 0 Å². The monoisotopic (exact) mass is 554 g/mol. The molecule has 0 aliphatic rings. The zero-order valence-electron chi connectivity index (χ0n) is 14.7. The molecule has 0 fully saturated rings. The minimum absolute atomic E-state index is 1.25. The second kappa shape index (κ2) is 10.3. The normalized spacial score (nSPS) is 12.6. The molecule has 0 aromatic heterocycles. The van der Waals surface area contributed by atoms with E-state index in [1.54, 1.807) is 0 Å². The van der Waals surface area contributed by atoms with Crippen LogP contribution >= 0.6 is 28.0 Å². The van der Waals surface area contributed by atoms with Crippen molar-refractivity contribution < 1.29 is 0 Å². The third-order valence-corrected chi connectivity index (χ3v) is 14.6. The van der Waals surface area contributed by atoms with E-state index < -0.39 is 22.8 Å². The van der Waals surface area contributed by atoms with Crippen molar-refractivity contribution in [2.24, 2.45) is 0 Å². The molecule has 1 aromatic carbocycles. The molecule has 0 aliphatic carbocycles. The molecule has 0 heterocycles.